The Morgan fingerprint density at radius 2 is 2.03 bits per heavy atom. The highest BCUT2D eigenvalue weighted by Crippen LogP contribution is 2.45. The average Bonchev–Trinajstić information content (AvgIpc) is 3.12. The number of allylic oxidation sites excluding steroid dienone is 1. The van der Waals surface area contributed by atoms with Crippen molar-refractivity contribution >= 4 is 41.4 Å². The third-order valence-electron chi connectivity index (χ3n) is 6.21. The molecule has 3 aliphatic rings. The van der Waals surface area contributed by atoms with E-state index in [0.29, 0.717) is 14.6 Å². The number of hydrogen-bond acceptors (Lipinski definition) is 5. The van der Waals surface area contributed by atoms with Gasteiger partial charge in [-0.15, -0.1) is 11.3 Å². The predicted octanol–water partition coefficient (Wildman–Crippen LogP) is 4.23. The van der Waals surface area contributed by atoms with Crippen LogP contribution in [0.2, 0.25) is 0 Å². The molecule has 1 saturated heterocycles. The standard InChI is InChI=1S/C23H27N4OPS/c1-15-24-19-6-4-16(12-21(19)30-15)20-13-22(28)27-14-18(5-7-23(27)29-20)26-10-8-17(9-11-26)25(2)3/h4-7,12-14,17,23,29H,8-11H2,1-3H3. The Kier molecular flexibility index (Phi) is 5.26. The van der Waals surface area contributed by atoms with Crippen LogP contribution in [-0.4, -0.2) is 64.6 Å². The molecule has 1 aromatic heterocycles. The molecule has 5 nitrogen and oxygen atoms in total. The van der Waals surface area contributed by atoms with Crippen LogP contribution in [0, 0.1) is 6.92 Å². The molecule has 0 bridgehead atoms. The van der Waals surface area contributed by atoms with E-state index in [1.165, 1.54) is 23.2 Å². The van der Waals surface area contributed by atoms with Gasteiger partial charge in [-0.2, -0.15) is 0 Å². The van der Waals surface area contributed by atoms with Crippen molar-refractivity contribution in [3.8, 4) is 0 Å². The Balaban J connectivity index is 1.34. The van der Waals surface area contributed by atoms with Crippen LogP contribution >= 0.6 is 19.9 Å². The predicted molar refractivity (Wildman–Crippen MR) is 127 cm³/mol. The Morgan fingerprint density at radius 3 is 2.80 bits per heavy atom. The number of aryl methyl sites for hydroxylation is 1. The lowest BCUT2D eigenvalue weighted by Gasteiger charge is -2.40. The number of likely N-dealkylation sites (tertiary alicyclic amines) is 1. The molecule has 1 amide bonds. The van der Waals surface area contributed by atoms with Crippen molar-refractivity contribution in [2.75, 3.05) is 27.2 Å². The van der Waals surface area contributed by atoms with Gasteiger partial charge in [-0.25, -0.2) is 4.98 Å². The highest BCUT2D eigenvalue weighted by Gasteiger charge is 2.30. The first-order valence-electron chi connectivity index (χ1n) is 10.5. The van der Waals surface area contributed by atoms with Crippen LogP contribution in [0.25, 0.3) is 15.5 Å². The van der Waals surface area contributed by atoms with Crippen LogP contribution < -0.4 is 0 Å². The van der Waals surface area contributed by atoms with Crippen LogP contribution in [0.4, 0.5) is 0 Å². The lowest BCUT2D eigenvalue weighted by atomic mass is 10.0. The average molecular weight is 439 g/mol. The van der Waals surface area contributed by atoms with E-state index in [-0.39, 0.29) is 11.7 Å². The summed E-state index contributed by atoms with van der Waals surface area (Å²) in [6, 6.07) is 7.02. The lowest BCUT2D eigenvalue weighted by Crippen LogP contribution is -2.43. The fourth-order valence-corrected chi connectivity index (χ4v) is 6.71. The molecule has 4 heterocycles. The molecule has 30 heavy (non-hydrogen) atoms. The summed E-state index contributed by atoms with van der Waals surface area (Å²) in [5, 5.41) is 2.22. The molecule has 2 unspecified atom stereocenters. The molecule has 1 fully saturated rings. The molecule has 7 heteroatoms. The van der Waals surface area contributed by atoms with Crippen molar-refractivity contribution in [2.45, 2.75) is 31.6 Å². The first-order chi connectivity index (χ1) is 14.5. The van der Waals surface area contributed by atoms with Gasteiger partial charge in [0.25, 0.3) is 5.91 Å². The molecule has 0 spiro atoms. The number of hydrogen-bond donors (Lipinski definition) is 0. The zero-order valence-corrected chi connectivity index (χ0v) is 19.4. The number of amides is 1. The van der Waals surface area contributed by atoms with Crippen molar-refractivity contribution in [3.63, 3.8) is 0 Å². The smallest absolute Gasteiger partial charge is 0.252 e. The van der Waals surface area contributed by atoms with E-state index in [4.69, 9.17) is 0 Å². The van der Waals surface area contributed by atoms with Gasteiger partial charge in [0, 0.05) is 31.4 Å². The molecular formula is C23H27N4OPS. The zero-order chi connectivity index (χ0) is 20.8. The molecule has 0 saturated carbocycles. The minimum Gasteiger partial charge on any atom is -0.370 e. The summed E-state index contributed by atoms with van der Waals surface area (Å²) in [5.74, 6) is 0.207. The minimum absolute atomic E-state index is 0.0827. The maximum Gasteiger partial charge on any atom is 0.252 e. The summed E-state index contributed by atoms with van der Waals surface area (Å²) < 4.78 is 1.19. The minimum atomic E-state index is 0.0827. The van der Waals surface area contributed by atoms with Crippen molar-refractivity contribution in [2.24, 2.45) is 0 Å². The quantitative estimate of drug-likeness (QED) is 0.673. The molecule has 3 aliphatic heterocycles. The van der Waals surface area contributed by atoms with Crippen LogP contribution in [0.5, 0.6) is 0 Å². The molecule has 5 rings (SSSR count). The fourth-order valence-electron chi connectivity index (χ4n) is 4.47. The Hall–Kier alpha value is -2.01. The van der Waals surface area contributed by atoms with Gasteiger partial charge in [-0.05, 0) is 62.9 Å². The van der Waals surface area contributed by atoms with Crippen LogP contribution in [0.1, 0.15) is 23.4 Å². The summed E-state index contributed by atoms with van der Waals surface area (Å²) in [5.41, 5.74) is 3.35. The van der Waals surface area contributed by atoms with E-state index in [1.807, 2.05) is 17.9 Å². The number of benzene rings is 1. The lowest BCUT2D eigenvalue weighted by molar-refractivity contribution is -0.123. The van der Waals surface area contributed by atoms with Gasteiger partial charge in [0.1, 0.15) is 0 Å². The number of nitrogens with zero attached hydrogens (tertiary/aromatic N) is 4. The first kappa shape index (κ1) is 19.9. The second-order valence-corrected chi connectivity index (χ2v) is 11.1. The van der Waals surface area contributed by atoms with Crippen molar-refractivity contribution in [1.29, 1.82) is 0 Å². The molecule has 0 radical (unpaired) electrons. The molecule has 2 atom stereocenters. The topological polar surface area (TPSA) is 39.7 Å². The molecule has 156 valence electrons. The summed E-state index contributed by atoms with van der Waals surface area (Å²) in [4.78, 5) is 24.2. The van der Waals surface area contributed by atoms with Gasteiger partial charge in [-0.1, -0.05) is 20.7 Å². The van der Waals surface area contributed by atoms with Crippen molar-refractivity contribution < 1.29 is 4.79 Å². The van der Waals surface area contributed by atoms with Gasteiger partial charge >= 0.3 is 0 Å². The monoisotopic (exact) mass is 438 g/mol. The maximum absolute atomic E-state index is 13.0. The summed E-state index contributed by atoms with van der Waals surface area (Å²) in [7, 11) is 4.87. The van der Waals surface area contributed by atoms with E-state index < -0.39 is 0 Å². The van der Waals surface area contributed by atoms with Crippen LogP contribution in [-0.2, 0) is 4.79 Å². The number of carbonyl (C=O) groups is 1. The normalized spacial score (nSPS) is 23.3. The molecule has 0 N–H and O–H groups in total. The highest BCUT2D eigenvalue weighted by molar-refractivity contribution is 7.51. The Morgan fingerprint density at radius 1 is 1.23 bits per heavy atom. The van der Waals surface area contributed by atoms with Crippen molar-refractivity contribution in [1.82, 2.24) is 19.7 Å². The van der Waals surface area contributed by atoms with Crippen LogP contribution in [0.3, 0.4) is 0 Å². The largest absolute Gasteiger partial charge is 0.370 e. The van der Waals surface area contributed by atoms with Crippen molar-refractivity contribution in [3.05, 3.63) is 58.9 Å². The second-order valence-electron chi connectivity index (χ2n) is 8.40. The third kappa shape index (κ3) is 3.73. The van der Waals surface area contributed by atoms with Crippen LogP contribution in [0.15, 0.2) is 48.3 Å². The molecule has 2 aromatic rings. The van der Waals surface area contributed by atoms with E-state index in [0.717, 1.165) is 34.5 Å². The maximum atomic E-state index is 13.0. The highest BCUT2D eigenvalue weighted by atomic mass is 32.1. The van der Waals surface area contributed by atoms with Gasteiger partial charge in [0.05, 0.1) is 26.7 Å². The van der Waals surface area contributed by atoms with E-state index >= 15 is 0 Å². The Bertz CT molecular complexity index is 1080. The van der Waals surface area contributed by atoms with Gasteiger partial charge in [0.2, 0.25) is 0 Å². The molecule has 0 aliphatic carbocycles. The van der Waals surface area contributed by atoms with E-state index in [9.17, 15) is 4.79 Å². The summed E-state index contributed by atoms with van der Waals surface area (Å²) in [6.07, 6.45) is 10.7. The first-order valence-corrected chi connectivity index (χ1v) is 12.4. The number of thiazole rings is 1. The molecular weight excluding hydrogens is 411 g/mol. The fraction of sp³-hybridized carbons (Fsp3) is 0.391. The summed E-state index contributed by atoms with van der Waals surface area (Å²) in [6.45, 7) is 4.12. The number of aromatic nitrogens is 1. The third-order valence-corrected chi connectivity index (χ3v) is 8.66. The number of fused-ring (bicyclic) bond motifs is 2. The van der Waals surface area contributed by atoms with E-state index in [2.05, 4.69) is 65.4 Å². The van der Waals surface area contributed by atoms with Gasteiger partial charge in [0.15, 0.2) is 0 Å². The second kappa shape index (κ2) is 7.92. The number of piperidine rings is 1. The van der Waals surface area contributed by atoms with Gasteiger partial charge in [-0.3, -0.25) is 4.79 Å². The number of carbonyl (C=O) groups excluding carboxylic acids is 1. The Labute approximate surface area is 183 Å². The SMILES string of the molecule is Cc1nc2ccc(C3=CC(=O)N4C=C(N5CCC(N(C)C)CC5)C=CC4P3)cc2s1. The number of rotatable bonds is 3. The molecule has 1 aromatic carbocycles. The summed E-state index contributed by atoms with van der Waals surface area (Å²) >= 11 is 1.71. The zero-order valence-electron chi connectivity index (χ0n) is 17.6. The van der Waals surface area contributed by atoms with Gasteiger partial charge < -0.3 is 14.7 Å². The van der Waals surface area contributed by atoms with E-state index in [1.54, 1.807) is 11.3 Å².